The molecule has 256 valence electrons. The first kappa shape index (κ1) is 37.2. The maximum absolute atomic E-state index is 13.1. The Hall–Kier alpha value is -2.24. The summed E-state index contributed by atoms with van der Waals surface area (Å²) in [6.07, 6.45) is 8.16. The van der Waals surface area contributed by atoms with Crippen molar-refractivity contribution < 1.29 is 39.1 Å². The fraction of sp³-hybridized carbons (Fsp3) is 0.771. The molecule has 10 unspecified atom stereocenters. The number of epoxide rings is 1. The Kier molecular flexibility index (Phi) is 14.1. The average Bonchev–Trinajstić information content (AvgIpc) is 3.76. The second-order valence-corrected chi connectivity index (χ2v) is 13.6. The number of ether oxygens (including phenoxy) is 3. The molecule has 2 fully saturated rings. The fourth-order valence-corrected chi connectivity index (χ4v) is 6.24. The highest BCUT2D eigenvalue weighted by molar-refractivity contribution is 5.70. The van der Waals surface area contributed by atoms with E-state index in [9.17, 15) is 24.9 Å². The molecule has 3 aliphatic rings. The van der Waals surface area contributed by atoms with Crippen LogP contribution in [-0.2, 0) is 19.0 Å². The zero-order valence-electron chi connectivity index (χ0n) is 28.4. The summed E-state index contributed by atoms with van der Waals surface area (Å²) in [5.74, 6) is -0.764. The molecule has 0 aromatic carbocycles. The van der Waals surface area contributed by atoms with E-state index >= 15 is 0 Å². The molecule has 10 nitrogen and oxygen atoms in total. The zero-order valence-corrected chi connectivity index (χ0v) is 28.4. The van der Waals surface area contributed by atoms with Gasteiger partial charge in [-0.05, 0) is 57.2 Å². The first-order valence-corrected chi connectivity index (χ1v) is 16.9. The molecule has 0 aliphatic carbocycles. The van der Waals surface area contributed by atoms with Crippen LogP contribution in [0.2, 0.25) is 0 Å². The lowest BCUT2D eigenvalue weighted by atomic mass is 9.91. The Bertz CT molecular complexity index is 1050. The highest BCUT2D eigenvalue weighted by atomic mass is 16.6. The van der Waals surface area contributed by atoms with Gasteiger partial charge < -0.3 is 39.3 Å². The SMILES string of the molecule is CCC(O)C(C)C1OC1CC(C)(O)/C=C/C=C(\C)C1OC(=O)CC(O)CCC(C)C(OC(=O)N2CCN(CC)CC2)/C=C\C1C. The van der Waals surface area contributed by atoms with Crippen LogP contribution in [0.5, 0.6) is 0 Å². The van der Waals surface area contributed by atoms with E-state index in [1.165, 1.54) is 0 Å². The number of cyclic esters (lactones) is 1. The number of piperazine rings is 1. The average molecular weight is 635 g/mol. The smallest absolute Gasteiger partial charge is 0.410 e. The normalized spacial score (nSPS) is 34.2. The maximum atomic E-state index is 13.1. The van der Waals surface area contributed by atoms with Gasteiger partial charge in [-0.1, -0.05) is 58.9 Å². The lowest BCUT2D eigenvalue weighted by molar-refractivity contribution is -0.151. The Balaban J connectivity index is 1.70. The predicted molar refractivity (Wildman–Crippen MR) is 173 cm³/mol. The van der Waals surface area contributed by atoms with Gasteiger partial charge in [0.1, 0.15) is 12.2 Å². The molecule has 0 bridgehead atoms. The molecule has 0 saturated carbocycles. The summed E-state index contributed by atoms with van der Waals surface area (Å²) in [5, 5.41) is 31.7. The third kappa shape index (κ3) is 11.5. The van der Waals surface area contributed by atoms with E-state index in [4.69, 9.17) is 14.2 Å². The summed E-state index contributed by atoms with van der Waals surface area (Å²) in [6, 6.07) is 0. The minimum atomic E-state index is -1.12. The van der Waals surface area contributed by atoms with Crippen LogP contribution in [-0.4, -0.2) is 112 Å². The zero-order chi connectivity index (χ0) is 33.3. The molecule has 3 rings (SSSR count). The molecule has 3 aliphatic heterocycles. The van der Waals surface area contributed by atoms with Gasteiger partial charge in [-0.15, -0.1) is 0 Å². The first-order valence-electron chi connectivity index (χ1n) is 16.9. The Labute approximate surface area is 270 Å². The molecule has 10 atom stereocenters. The lowest BCUT2D eigenvalue weighted by Crippen LogP contribution is -2.49. The van der Waals surface area contributed by atoms with E-state index in [1.807, 2.05) is 52.8 Å². The molecule has 3 N–H and O–H groups in total. The molecule has 1 amide bonds. The van der Waals surface area contributed by atoms with Gasteiger partial charge in [0.2, 0.25) is 0 Å². The van der Waals surface area contributed by atoms with Crippen LogP contribution in [0, 0.1) is 17.8 Å². The molecule has 2 saturated heterocycles. The third-order valence-corrected chi connectivity index (χ3v) is 9.62. The fourth-order valence-electron chi connectivity index (χ4n) is 6.24. The van der Waals surface area contributed by atoms with Gasteiger partial charge in [-0.3, -0.25) is 4.79 Å². The van der Waals surface area contributed by atoms with E-state index in [0.717, 1.165) is 25.2 Å². The van der Waals surface area contributed by atoms with E-state index < -0.39 is 36.0 Å². The molecular formula is C35H58N2O8. The Morgan fingerprint density at radius 2 is 1.87 bits per heavy atom. The first-order chi connectivity index (χ1) is 21.2. The van der Waals surface area contributed by atoms with Gasteiger partial charge >= 0.3 is 12.1 Å². The summed E-state index contributed by atoms with van der Waals surface area (Å²) >= 11 is 0. The van der Waals surface area contributed by atoms with Crippen LogP contribution in [0.25, 0.3) is 0 Å². The molecule has 0 aromatic rings. The predicted octanol–water partition coefficient (Wildman–Crippen LogP) is 4.23. The second-order valence-electron chi connectivity index (χ2n) is 13.6. The van der Waals surface area contributed by atoms with Gasteiger partial charge in [0.25, 0.3) is 0 Å². The largest absolute Gasteiger partial charge is 0.457 e. The van der Waals surface area contributed by atoms with Gasteiger partial charge in [-0.2, -0.15) is 0 Å². The van der Waals surface area contributed by atoms with Crippen LogP contribution in [0.1, 0.15) is 80.6 Å². The topological polar surface area (TPSA) is 132 Å². The molecule has 0 radical (unpaired) electrons. The Morgan fingerprint density at radius 3 is 2.51 bits per heavy atom. The summed E-state index contributed by atoms with van der Waals surface area (Å²) in [4.78, 5) is 29.9. The molecule has 0 spiro atoms. The van der Waals surface area contributed by atoms with Gasteiger partial charge in [0.15, 0.2) is 0 Å². The Morgan fingerprint density at radius 1 is 1.18 bits per heavy atom. The second kappa shape index (κ2) is 17.1. The van der Waals surface area contributed by atoms with Crippen LogP contribution < -0.4 is 0 Å². The number of esters is 1. The van der Waals surface area contributed by atoms with E-state index in [-0.39, 0.29) is 42.5 Å². The molecule has 10 heteroatoms. The van der Waals surface area contributed by atoms with Crippen molar-refractivity contribution in [3.05, 3.63) is 36.0 Å². The monoisotopic (exact) mass is 634 g/mol. The third-order valence-electron chi connectivity index (χ3n) is 9.62. The summed E-state index contributed by atoms with van der Waals surface area (Å²) in [5.41, 5.74) is -0.350. The van der Waals surface area contributed by atoms with Crippen LogP contribution >= 0.6 is 0 Å². The maximum Gasteiger partial charge on any atom is 0.410 e. The standard InChI is InChI=1S/C35H58N2O8/c1-8-28(39)26(6)33-30(43-33)22-35(7,42)16-10-11-24(4)32-25(5)13-15-29(23(3)12-14-27(38)21-31(40)45-32)44-34(41)37-19-17-36(9-2)18-20-37/h10-11,13,15-16,23,25-30,32-33,38-39,42H,8-9,12,14,17-22H2,1-7H3/b15-13-,16-10+,24-11+. The van der Waals surface area contributed by atoms with Crippen molar-refractivity contribution in [3.8, 4) is 0 Å². The number of likely N-dealkylation sites (N-methyl/N-ethyl adjacent to an activating group) is 1. The minimum absolute atomic E-state index is 0.00777. The van der Waals surface area contributed by atoms with E-state index in [1.54, 1.807) is 24.0 Å². The highest BCUT2D eigenvalue weighted by Gasteiger charge is 2.47. The number of allylic oxidation sites excluding steroid dienone is 2. The summed E-state index contributed by atoms with van der Waals surface area (Å²) in [6.45, 7) is 17.4. The van der Waals surface area contributed by atoms with Crippen molar-refractivity contribution >= 4 is 12.1 Å². The number of nitrogens with zero attached hydrogens (tertiary/aromatic N) is 2. The van der Waals surface area contributed by atoms with Gasteiger partial charge in [0.05, 0.1) is 36.4 Å². The number of amides is 1. The molecule has 3 heterocycles. The lowest BCUT2D eigenvalue weighted by Gasteiger charge is -2.34. The van der Waals surface area contributed by atoms with Crippen molar-refractivity contribution in [2.45, 2.75) is 123 Å². The highest BCUT2D eigenvalue weighted by Crippen LogP contribution is 2.37. The number of hydrogen-bond acceptors (Lipinski definition) is 9. The van der Waals surface area contributed by atoms with E-state index in [0.29, 0.717) is 38.8 Å². The molecular weight excluding hydrogens is 576 g/mol. The van der Waals surface area contributed by atoms with Crippen LogP contribution in [0.4, 0.5) is 4.79 Å². The van der Waals surface area contributed by atoms with Crippen molar-refractivity contribution in [2.75, 3.05) is 32.7 Å². The summed E-state index contributed by atoms with van der Waals surface area (Å²) < 4.78 is 17.6. The number of aliphatic hydroxyl groups is 3. The van der Waals surface area contributed by atoms with Crippen molar-refractivity contribution in [1.29, 1.82) is 0 Å². The van der Waals surface area contributed by atoms with Crippen molar-refractivity contribution in [2.24, 2.45) is 17.8 Å². The van der Waals surface area contributed by atoms with E-state index in [2.05, 4.69) is 11.8 Å². The number of rotatable bonds is 10. The number of carbonyl (C=O) groups is 2. The van der Waals surface area contributed by atoms with Gasteiger partial charge in [-0.25, -0.2) is 4.79 Å². The quantitative estimate of drug-likeness (QED) is 0.140. The number of hydrogen-bond donors (Lipinski definition) is 3. The minimum Gasteiger partial charge on any atom is -0.457 e. The summed E-state index contributed by atoms with van der Waals surface area (Å²) in [7, 11) is 0. The number of carbonyl (C=O) groups excluding carboxylic acids is 2. The van der Waals surface area contributed by atoms with Gasteiger partial charge in [0, 0.05) is 44.4 Å². The van der Waals surface area contributed by atoms with Crippen molar-refractivity contribution in [1.82, 2.24) is 9.80 Å². The van der Waals surface area contributed by atoms with Crippen LogP contribution in [0.15, 0.2) is 36.0 Å². The molecule has 45 heavy (non-hydrogen) atoms. The number of aliphatic hydroxyl groups excluding tert-OH is 2. The van der Waals surface area contributed by atoms with Crippen molar-refractivity contribution in [3.63, 3.8) is 0 Å². The molecule has 0 aromatic heterocycles. The van der Waals surface area contributed by atoms with Crippen LogP contribution in [0.3, 0.4) is 0 Å².